The van der Waals surface area contributed by atoms with Crippen molar-refractivity contribution in [1.82, 2.24) is 9.78 Å². The van der Waals surface area contributed by atoms with Gasteiger partial charge < -0.3 is 10.7 Å². The van der Waals surface area contributed by atoms with Gasteiger partial charge in [-0.25, -0.2) is 0 Å². The van der Waals surface area contributed by atoms with Gasteiger partial charge in [-0.1, -0.05) is 12.1 Å². The van der Waals surface area contributed by atoms with Crippen LogP contribution in [-0.2, 0) is 7.05 Å². The number of aryl methyl sites for hydroxylation is 2. The van der Waals surface area contributed by atoms with Crippen molar-refractivity contribution in [2.75, 3.05) is 10.7 Å². The molecular formula is C12H15N5O. The van der Waals surface area contributed by atoms with Gasteiger partial charge in [0.25, 0.3) is 5.91 Å². The van der Waals surface area contributed by atoms with Gasteiger partial charge in [0.1, 0.15) is 5.82 Å². The quantitative estimate of drug-likeness (QED) is 0.561. The molecule has 2 aromatic rings. The number of rotatable bonds is 3. The molecule has 1 amide bonds. The number of nitrogens with one attached hydrogen (secondary N) is 2. The second-order valence-electron chi connectivity index (χ2n) is 3.94. The third-order valence-electron chi connectivity index (χ3n) is 2.57. The smallest absolute Gasteiger partial charge is 0.258 e. The fraction of sp³-hybridized carbons (Fsp3) is 0.167. The average molecular weight is 245 g/mol. The van der Waals surface area contributed by atoms with Crippen LogP contribution in [0, 0.1) is 6.92 Å². The molecule has 6 heteroatoms. The minimum Gasteiger partial charge on any atom is -0.323 e. The van der Waals surface area contributed by atoms with Crippen LogP contribution in [0.15, 0.2) is 30.3 Å². The highest BCUT2D eigenvalue weighted by Gasteiger charge is 2.12. The van der Waals surface area contributed by atoms with E-state index < -0.39 is 0 Å². The Morgan fingerprint density at radius 1 is 1.39 bits per heavy atom. The van der Waals surface area contributed by atoms with Crippen LogP contribution >= 0.6 is 0 Å². The summed E-state index contributed by atoms with van der Waals surface area (Å²) in [5.74, 6) is 5.78. The predicted octanol–water partition coefficient (Wildman–Crippen LogP) is 1.27. The lowest BCUT2D eigenvalue weighted by atomic mass is 10.1. The van der Waals surface area contributed by atoms with Gasteiger partial charge in [0.2, 0.25) is 0 Å². The van der Waals surface area contributed by atoms with Crippen molar-refractivity contribution in [3.8, 4) is 0 Å². The number of hydrogen-bond acceptors (Lipinski definition) is 4. The molecule has 1 aromatic carbocycles. The summed E-state index contributed by atoms with van der Waals surface area (Å²) in [5.41, 5.74) is 4.41. The van der Waals surface area contributed by atoms with E-state index in [-0.39, 0.29) is 5.91 Å². The lowest BCUT2D eigenvalue weighted by molar-refractivity contribution is 0.102. The maximum absolute atomic E-state index is 12.1. The number of anilines is 2. The van der Waals surface area contributed by atoms with E-state index in [0.717, 1.165) is 5.69 Å². The van der Waals surface area contributed by atoms with Gasteiger partial charge in [0.05, 0.1) is 16.9 Å². The van der Waals surface area contributed by atoms with E-state index in [9.17, 15) is 4.79 Å². The van der Waals surface area contributed by atoms with Crippen molar-refractivity contribution < 1.29 is 4.79 Å². The first-order valence-corrected chi connectivity index (χ1v) is 5.49. The maximum Gasteiger partial charge on any atom is 0.258 e. The largest absolute Gasteiger partial charge is 0.323 e. The molecule has 94 valence electrons. The summed E-state index contributed by atoms with van der Waals surface area (Å²) >= 11 is 0. The number of carbonyl (C=O) groups is 1. The Hall–Kier alpha value is -2.34. The second-order valence-corrected chi connectivity index (χ2v) is 3.94. The molecule has 6 nitrogen and oxygen atoms in total. The molecular weight excluding hydrogens is 230 g/mol. The van der Waals surface area contributed by atoms with E-state index in [2.05, 4.69) is 15.8 Å². The van der Waals surface area contributed by atoms with E-state index in [1.54, 1.807) is 42.1 Å². The highest BCUT2D eigenvalue weighted by atomic mass is 16.1. The highest BCUT2D eigenvalue weighted by molar-refractivity contribution is 6.07. The van der Waals surface area contributed by atoms with Crippen LogP contribution < -0.4 is 16.6 Å². The molecule has 0 fully saturated rings. The van der Waals surface area contributed by atoms with Crippen molar-refractivity contribution in [1.29, 1.82) is 0 Å². The molecule has 0 saturated carbocycles. The summed E-state index contributed by atoms with van der Waals surface area (Å²) < 4.78 is 1.62. The Bertz CT molecular complexity index is 576. The van der Waals surface area contributed by atoms with E-state index in [1.165, 1.54) is 0 Å². The SMILES string of the molecule is Cc1cc(NC(=O)c2ccccc2NN)n(C)n1. The average Bonchev–Trinajstić information content (AvgIpc) is 2.67. The summed E-state index contributed by atoms with van der Waals surface area (Å²) in [6, 6.07) is 8.83. The monoisotopic (exact) mass is 245 g/mol. The van der Waals surface area contributed by atoms with Crippen LogP contribution in [0.25, 0.3) is 0 Å². The number of hydrogen-bond donors (Lipinski definition) is 3. The van der Waals surface area contributed by atoms with Crippen molar-refractivity contribution in [3.05, 3.63) is 41.6 Å². The summed E-state index contributed by atoms with van der Waals surface area (Å²) in [6.45, 7) is 1.87. The van der Waals surface area contributed by atoms with Crippen LogP contribution in [0.5, 0.6) is 0 Å². The number of benzene rings is 1. The zero-order valence-electron chi connectivity index (χ0n) is 10.3. The Kier molecular flexibility index (Phi) is 3.29. The Morgan fingerprint density at radius 2 is 2.11 bits per heavy atom. The molecule has 0 bridgehead atoms. The molecule has 0 aliphatic heterocycles. The molecule has 2 rings (SSSR count). The molecule has 0 atom stereocenters. The van der Waals surface area contributed by atoms with Gasteiger partial charge in [0, 0.05) is 13.1 Å². The second kappa shape index (κ2) is 4.89. The third-order valence-corrected chi connectivity index (χ3v) is 2.57. The molecule has 0 saturated heterocycles. The number of nitrogens with two attached hydrogens (primary N) is 1. The van der Waals surface area contributed by atoms with Gasteiger partial charge in [0.15, 0.2) is 0 Å². The minimum absolute atomic E-state index is 0.230. The van der Waals surface area contributed by atoms with Crippen LogP contribution in [0.4, 0.5) is 11.5 Å². The molecule has 0 aliphatic carbocycles. The van der Waals surface area contributed by atoms with Crippen molar-refractivity contribution >= 4 is 17.4 Å². The first kappa shape index (κ1) is 12.1. The van der Waals surface area contributed by atoms with Gasteiger partial charge in [-0.15, -0.1) is 0 Å². The standard InChI is InChI=1S/C12H15N5O/c1-8-7-11(17(2)16-8)14-12(18)9-5-3-4-6-10(9)15-13/h3-7,15H,13H2,1-2H3,(H,14,18). The number of hydrazine groups is 1. The molecule has 18 heavy (non-hydrogen) atoms. The summed E-state index contributed by atoms with van der Waals surface area (Å²) in [5, 5.41) is 6.95. The fourth-order valence-electron chi connectivity index (χ4n) is 1.72. The topological polar surface area (TPSA) is 85.0 Å². The maximum atomic E-state index is 12.1. The number of carbonyl (C=O) groups excluding carboxylic acids is 1. The van der Waals surface area contributed by atoms with Crippen molar-refractivity contribution in [2.24, 2.45) is 12.9 Å². The van der Waals surface area contributed by atoms with Crippen molar-refractivity contribution in [2.45, 2.75) is 6.92 Å². The summed E-state index contributed by atoms with van der Waals surface area (Å²) in [6.07, 6.45) is 0. The summed E-state index contributed by atoms with van der Waals surface area (Å²) in [7, 11) is 1.77. The normalized spacial score (nSPS) is 10.2. The number of nitrogens with zero attached hydrogens (tertiary/aromatic N) is 2. The van der Waals surface area contributed by atoms with E-state index in [0.29, 0.717) is 17.1 Å². The number of para-hydroxylation sites is 1. The Labute approximate surface area is 105 Å². The molecule has 0 spiro atoms. The van der Waals surface area contributed by atoms with Gasteiger partial charge >= 0.3 is 0 Å². The Balaban J connectivity index is 2.24. The fourth-order valence-corrected chi connectivity index (χ4v) is 1.72. The number of amides is 1. The van der Waals surface area contributed by atoms with Crippen LogP contribution in [-0.4, -0.2) is 15.7 Å². The molecule has 0 unspecified atom stereocenters. The molecule has 1 aromatic heterocycles. The molecule has 0 radical (unpaired) electrons. The lowest BCUT2D eigenvalue weighted by Crippen LogP contribution is -2.18. The molecule has 0 aliphatic rings. The van der Waals surface area contributed by atoms with E-state index in [1.807, 2.05) is 6.92 Å². The Morgan fingerprint density at radius 3 is 2.72 bits per heavy atom. The third kappa shape index (κ3) is 2.33. The number of aromatic nitrogens is 2. The van der Waals surface area contributed by atoms with Gasteiger partial charge in [-0.05, 0) is 19.1 Å². The lowest BCUT2D eigenvalue weighted by Gasteiger charge is -2.09. The first-order chi connectivity index (χ1) is 8.61. The van der Waals surface area contributed by atoms with E-state index in [4.69, 9.17) is 5.84 Å². The predicted molar refractivity (Wildman–Crippen MR) is 70.2 cm³/mol. The van der Waals surface area contributed by atoms with Crippen LogP contribution in [0.3, 0.4) is 0 Å². The minimum atomic E-state index is -0.230. The van der Waals surface area contributed by atoms with Crippen LogP contribution in [0.2, 0.25) is 0 Å². The zero-order valence-corrected chi connectivity index (χ0v) is 10.3. The van der Waals surface area contributed by atoms with Gasteiger partial charge in [-0.3, -0.25) is 15.3 Å². The van der Waals surface area contributed by atoms with E-state index >= 15 is 0 Å². The molecule has 1 heterocycles. The first-order valence-electron chi connectivity index (χ1n) is 5.49. The van der Waals surface area contributed by atoms with Crippen LogP contribution in [0.1, 0.15) is 16.1 Å². The number of nitrogen functional groups attached to an aromatic ring is 1. The van der Waals surface area contributed by atoms with Gasteiger partial charge in [-0.2, -0.15) is 5.10 Å². The zero-order chi connectivity index (χ0) is 13.1. The highest BCUT2D eigenvalue weighted by Crippen LogP contribution is 2.16. The molecule has 4 N–H and O–H groups in total. The van der Waals surface area contributed by atoms with Crippen molar-refractivity contribution in [3.63, 3.8) is 0 Å². The summed E-state index contributed by atoms with van der Waals surface area (Å²) in [4.78, 5) is 12.1.